The largest absolute Gasteiger partial charge is 0.456 e. The molecule has 0 saturated carbocycles. The lowest BCUT2D eigenvalue weighted by molar-refractivity contribution is 0.669. The Hall–Kier alpha value is -10.7. The molecule has 0 radical (unpaired) electrons. The Morgan fingerprint density at radius 3 is 1.41 bits per heavy atom. The van der Waals surface area contributed by atoms with Gasteiger partial charge in [0.15, 0.2) is 8.07 Å². The summed E-state index contributed by atoms with van der Waals surface area (Å²) in [5, 5.41) is 14.9. The first-order chi connectivity index (χ1) is 41.2. The van der Waals surface area contributed by atoms with Gasteiger partial charge in [-0.15, -0.1) is 0 Å². The molecule has 5 heteroatoms. The molecule has 0 aliphatic carbocycles. The number of furan rings is 1. The van der Waals surface area contributed by atoms with Gasteiger partial charge in [-0.3, -0.25) is 0 Å². The fraction of sp³-hybridized carbons (Fsp3) is 0. The SMILES string of the molecule is c1ccc(-c2cccc(-c3ccc4oc5cccc(-n6c7ccccc7c7c(-n8c9ccccc9c9c([Si](c%10ccccc%10)(c%10ccccc%10)c%10ccc%11c(c%10)c%10ccccc%10n%11-c%10ccccc%10)cccc98)cccc76)c5c4c3)c2)cc1. The Morgan fingerprint density at radius 1 is 0.241 bits per heavy atom. The summed E-state index contributed by atoms with van der Waals surface area (Å²) in [5.74, 6) is 0. The third-order valence-electron chi connectivity index (χ3n) is 17.6. The third kappa shape index (κ3) is 7.05. The quantitative estimate of drug-likeness (QED) is 0.105. The predicted molar refractivity (Wildman–Crippen MR) is 351 cm³/mol. The van der Waals surface area contributed by atoms with Crippen molar-refractivity contribution in [3.8, 4) is 39.3 Å². The van der Waals surface area contributed by atoms with Crippen LogP contribution in [-0.2, 0) is 0 Å². The summed E-state index contributed by atoms with van der Waals surface area (Å²) in [6.45, 7) is 0. The molecule has 4 aromatic heterocycles. The molecule has 0 N–H and O–H groups in total. The molecule has 0 atom stereocenters. The number of para-hydroxylation sites is 4. The van der Waals surface area contributed by atoms with Crippen LogP contribution in [-0.4, -0.2) is 21.8 Å². The van der Waals surface area contributed by atoms with Crippen LogP contribution in [0.15, 0.2) is 314 Å². The lowest BCUT2D eigenvalue weighted by Gasteiger charge is -2.35. The average Bonchev–Trinajstić information content (AvgIpc) is 3.17. The zero-order valence-electron chi connectivity index (χ0n) is 45.2. The van der Waals surface area contributed by atoms with E-state index in [9.17, 15) is 0 Å². The maximum Gasteiger partial charge on any atom is 0.180 e. The van der Waals surface area contributed by atoms with Gasteiger partial charge in [-0.1, -0.05) is 224 Å². The molecular formula is C78H51N3OSi. The van der Waals surface area contributed by atoms with Crippen LogP contribution in [0.25, 0.3) is 127 Å². The minimum atomic E-state index is -3.20. The van der Waals surface area contributed by atoms with Crippen LogP contribution < -0.4 is 20.7 Å². The molecule has 0 aliphatic heterocycles. The summed E-state index contributed by atoms with van der Waals surface area (Å²) in [4.78, 5) is 0. The maximum atomic E-state index is 6.76. The molecule has 0 amide bonds. The Kier molecular flexibility index (Phi) is 10.6. The Labute approximate surface area is 480 Å². The number of aromatic nitrogens is 3. The van der Waals surface area contributed by atoms with Crippen LogP contribution >= 0.6 is 0 Å². The van der Waals surface area contributed by atoms with Crippen molar-refractivity contribution in [1.82, 2.24) is 13.7 Å². The fourth-order valence-electron chi connectivity index (χ4n) is 14.1. The molecule has 0 unspecified atom stereocenters. The molecular weight excluding hydrogens is 1020 g/mol. The van der Waals surface area contributed by atoms with Gasteiger partial charge in [0.2, 0.25) is 0 Å². The van der Waals surface area contributed by atoms with Gasteiger partial charge in [0.1, 0.15) is 11.2 Å². The van der Waals surface area contributed by atoms with Crippen molar-refractivity contribution in [2.24, 2.45) is 0 Å². The van der Waals surface area contributed by atoms with Crippen molar-refractivity contribution < 1.29 is 4.42 Å². The molecule has 0 fully saturated rings. The smallest absolute Gasteiger partial charge is 0.180 e. The summed E-state index contributed by atoms with van der Waals surface area (Å²) < 4.78 is 14.2. The van der Waals surface area contributed by atoms with Gasteiger partial charge in [0.05, 0.1) is 49.9 Å². The Morgan fingerprint density at radius 2 is 0.723 bits per heavy atom. The van der Waals surface area contributed by atoms with Gasteiger partial charge in [-0.2, -0.15) is 0 Å². The summed E-state index contributed by atoms with van der Waals surface area (Å²) in [6.07, 6.45) is 0. The normalized spacial score (nSPS) is 12.1. The Bertz CT molecular complexity index is 5340. The van der Waals surface area contributed by atoms with E-state index in [-0.39, 0.29) is 0 Å². The first-order valence-corrected chi connectivity index (χ1v) is 30.6. The number of hydrogen-bond donors (Lipinski definition) is 0. The lowest BCUT2D eigenvalue weighted by atomic mass is 9.98. The monoisotopic (exact) mass is 1070 g/mol. The predicted octanol–water partition coefficient (Wildman–Crippen LogP) is 17.6. The number of hydrogen-bond acceptors (Lipinski definition) is 1. The van der Waals surface area contributed by atoms with Crippen LogP contribution in [0.5, 0.6) is 0 Å². The molecule has 388 valence electrons. The van der Waals surface area contributed by atoms with Crippen LogP contribution in [0.4, 0.5) is 0 Å². The summed E-state index contributed by atoms with van der Waals surface area (Å²) in [6, 6.07) is 115. The van der Waals surface area contributed by atoms with E-state index in [2.05, 4.69) is 323 Å². The van der Waals surface area contributed by atoms with E-state index in [0.29, 0.717) is 0 Å². The van der Waals surface area contributed by atoms with Gasteiger partial charge < -0.3 is 18.1 Å². The highest BCUT2D eigenvalue weighted by atomic mass is 28.3. The second kappa shape index (κ2) is 18.7. The van der Waals surface area contributed by atoms with Crippen LogP contribution in [0.3, 0.4) is 0 Å². The summed E-state index contributed by atoms with van der Waals surface area (Å²) in [7, 11) is -3.20. The molecule has 0 saturated heterocycles. The fourth-order valence-corrected chi connectivity index (χ4v) is 19.1. The molecule has 0 bridgehead atoms. The molecule has 4 nitrogen and oxygen atoms in total. The highest BCUT2D eigenvalue weighted by molar-refractivity contribution is 7.21. The van der Waals surface area contributed by atoms with Crippen molar-refractivity contribution in [2.75, 3.05) is 0 Å². The highest BCUT2D eigenvalue weighted by Gasteiger charge is 2.44. The topological polar surface area (TPSA) is 27.9 Å². The zero-order valence-corrected chi connectivity index (χ0v) is 46.2. The van der Waals surface area contributed by atoms with E-state index in [0.717, 1.165) is 66.7 Å². The van der Waals surface area contributed by atoms with Crippen molar-refractivity contribution in [1.29, 1.82) is 0 Å². The Balaban J connectivity index is 0.918. The van der Waals surface area contributed by atoms with E-state index in [1.807, 2.05) is 0 Å². The molecule has 13 aromatic carbocycles. The van der Waals surface area contributed by atoms with Gasteiger partial charge in [-0.05, 0) is 128 Å². The van der Waals surface area contributed by atoms with Gasteiger partial charge >= 0.3 is 0 Å². The minimum Gasteiger partial charge on any atom is -0.456 e. The van der Waals surface area contributed by atoms with E-state index in [1.165, 1.54) is 80.7 Å². The van der Waals surface area contributed by atoms with Gasteiger partial charge in [0.25, 0.3) is 0 Å². The summed E-state index contributed by atoms with van der Waals surface area (Å²) in [5.41, 5.74) is 16.8. The molecule has 83 heavy (non-hydrogen) atoms. The number of fused-ring (bicyclic) bond motifs is 12. The standard InChI is InChI=1S/C78H51N3OSi/c1-5-23-52(24-6-1)53-25-19-26-54(49-53)55-45-48-73-64(50-55)77-71(41-21-43-74(77)82-73)80-66-37-17-14-34-61(66)76-69(80)39-20-40-70(76)81-67-38-18-15-35-62(67)78-72(81)42-22-44-75(78)83(57-29-9-3-10-30-57,58-31-11-4-12-32-58)59-46-47-68-63(51-59)60-33-13-16-36-65(60)79(68)56-27-7-2-8-28-56/h1-51H. The molecule has 0 spiro atoms. The first-order valence-electron chi connectivity index (χ1n) is 28.6. The molecule has 17 aromatic rings. The molecule has 4 heterocycles. The number of nitrogens with zero attached hydrogens (tertiary/aromatic N) is 3. The van der Waals surface area contributed by atoms with Crippen molar-refractivity contribution >= 4 is 116 Å². The summed E-state index contributed by atoms with van der Waals surface area (Å²) >= 11 is 0. The minimum absolute atomic E-state index is 0.857. The number of rotatable bonds is 9. The zero-order chi connectivity index (χ0) is 54.6. The molecule has 17 rings (SSSR count). The molecule has 0 aliphatic rings. The van der Waals surface area contributed by atoms with Crippen LogP contribution in [0, 0.1) is 0 Å². The van der Waals surface area contributed by atoms with Crippen LogP contribution in [0.1, 0.15) is 0 Å². The number of benzene rings is 13. The van der Waals surface area contributed by atoms with E-state index < -0.39 is 8.07 Å². The van der Waals surface area contributed by atoms with E-state index in [4.69, 9.17) is 4.42 Å². The van der Waals surface area contributed by atoms with Crippen molar-refractivity contribution in [3.05, 3.63) is 309 Å². The van der Waals surface area contributed by atoms with Gasteiger partial charge in [0, 0.05) is 43.4 Å². The van der Waals surface area contributed by atoms with Crippen molar-refractivity contribution in [3.63, 3.8) is 0 Å². The second-order valence-corrected chi connectivity index (χ2v) is 25.7. The van der Waals surface area contributed by atoms with Gasteiger partial charge in [-0.25, -0.2) is 0 Å². The third-order valence-corrected chi connectivity index (χ3v) is 22.4. The lowest BCUT2D eigenvalue weighted by Crippen LogP contribution is -2.74. The van der Waals surface area contributed by atoms with Crippen molar-refractivity contribution in [2.45, 2.75) is 0 Å². The maximum absolute atomic E-state index is 6.76. The van der Waals surface area contributed by atoms with E-state index in [1.54, 1.807) is 0 Å². The second-order valence-electron chi connectivity index (χ2n) is 21.9. The van der Waals surface area contributed by atoms with E-state index >= 15 is 0 Å². The average molecular weight is 1070 g/mol. The highest BCUT2D eigenvalue weighted by Crippen LogP contribution is 2.44. The first kappa shape index (κ1) is 47.1. The van der Waals surface area contributed by atoms with Crippen LogP contribution in [0.2, 0.25) is 0 Å².